The van der Waals surface area contributed by atoms with Crippen molar-refractivity contribution in [3.8, 4) is 5.75 Å². The van der Waals surface area contributed by atoms with Crippen LogP contribution >= 0.6 is 36.6 Å². The number of pyridine rings is 1. The molecule has 0 spiro atoms. The van der Waals surface area contributed by atoms with Crippen LogP contribution in [0.4, 0.5) is 18.0 Å². The Morgan fingerprint density at radius 2 is 1.65 bits per heavy atom. The number of halogens is 5. The third-order valence-electron chi connectivity index (χ3n) is 7.35. The fraction of sp³-hybridized carbons (Fsp3) is 0.484. The van der Waals surface area contributed by atoms with Crippen LogP contribution in [0.5, 0.6) is 5.75 Å². The molecule has 0 unspecified atom stereocenters. The molecule has 0 atom stereocenters. The van der Waals surface area contributed by atoms with Gasteiger partial charge >= 0.3 is 12.2 Å². The summed E-state index contributed by atoms with van der Waals surface area (Å²) in [6.45, 7) is 10.3. The molecule has 0 radical (unpaired) electrons. The fourth-order valence-electron chi connectivity index (χ4n) is 4.92. The zero-order valence-corrected chi connectivity index (χ0v) is 27.1. The van der Waals surface area contributed by atoms with E-state index in [1.165, 1.54) is 11.6 Å². The van der Waals surface area contributed by atoms with E-state index in [1.54, 1.807) is 18.0 Å². The van der Waals surface area contributed by atoms with E-state index in [-0.39, 0.29) is 30.8 Å². The lowest BCUT2D eigenvalue weighted by Crippen LogP contribution is -2.52. The average Bonchev–Trinajstić information content (AvgIpc) is 2.97. The number of rotatable bonds is 12. The molecule has 1 aromatic heterocycles. The number of hydrogen-bond acceptors (Lipinski definition) is 5. The molecule has 6 nitrogen and oxygen atoms in total. The number of hydrogen-bond donors (Lipinski definition) is 0. The van der Waals surface area contributed by atoms with Crippen molar-refractivity contribution < 1.29 is 22.7 Å². The highest BCUT2D eigenvalue weighted by atomic mass is 35.5. The van der Waals surface area contributed by atoms with Gasteiger partial charge in [0.1, 0.15) is 5.75 Å². The van der Waals surface area contributed by atoms with Gasteiger partial charge in [-0.2, -0.15) is 13.2 Å². The van der Waals surface area contributed by atoms with Crippen molar-refractivity contribution >= 4 is 53.5 Å². The highest BCUT2D eigenvalue weighted by molar-refractivity contribution is 7.99. The van der Waals surface area contributed by atoms with Crippen molar-refractivity contribution in [3.63, 3.8) is 0 Å². The second-order valence-electron chi connectivity index (χ2n) is 10.2. The second-order valence-corrected chi connectivity index (χ2v) is 11.3. The molecule has 0 N–H and O–H groups in total. The van der Waals surface area contributed by atoms with E-state index in [4.69, 9.17) is 4.74 Å². The number of amides is 2. The summed E-state index contributed by atoms with van der Waals surface area (Å²) in [6.07, 6.45) is 0.139. The van der Waals surface area contributed by atoms with E-state index in [2.05, 4.69) is 22.0 Å². The lowest BCUT2D eigenvalue weighted by atomic mass is 10.1. The molecule has 0 saturated carbocycles. The van der Waals surface area contributed by atoms with Gasteiger partial charge in [-0.05, 0) is 74.8 Å². The summed E-state index contributed by atoms with van der Waals surface area (Å²) in [5.74, 6) is 1.74. The van der Waals surface area contributed by atoms with E-state index in [1.807, 2.05) is 41.8 Å². The maximum absolute atomic E-state index is 13.0. The lowest BCUT2D eigenvalue weighted by Gasteiger charge is -2.37. The van der Waals surface area contributed by atoms with Gasteiger partial charge in [-0.3, -0.25) is 9.88 Å². The minimum absolute atomic E-state index is 0. The molecule has 2 aromatic carbocycles. The Hall–Kier alpha value is -2.40. The van der Waals surface area contributed by atoms with Crippen molar-refractivity contribution in [3.05, 3.63) is 65.9 Å². The fourth-order valence-corrected chi connectivity index (χ4v) is 5.97. The van der Waals surface area contributed by atoms with Gasteiger partial charge in [-0.1, -0.05) is 18.2 Å². The molecule has 2 amide bonds. The van der Waals surface area contributed by atoms with Crippen LogP contribution in [0, 0.1) is 0 Å². The van der Waals surface area contributed by atoms with Gasteiger partial charge in [0, 0.05) is 62.3 Å². The van der Waals surface area contributed by atoms with Gasteiger partial charge in [0.25, 0.3) is 0 Å². The van der Waals surface area contributed by atoms with Gasteiger partial charge in [-0.25, -0.2) is 4.79 Å². The Balaban J connectivity index is 0.00000323. The molecule has 12 heteroatoms. The molecule has 0 bridgehead atoms. The van der Waals surface area contributed by atoms with Gasteiger partial charge < -0.3 is 14.5 Å². The van der Waals surface area contributed by atoms with Crippen LogP contribution in [-0.2, 0) is 12.7 Å². The molecule has 238 valence electrons. The topological polar surface area (TPSA) is 48.9 Å². The standard InChI is InChI=1S/C31H39F3N4O2S.2ClH/c1-3-37(4-2)30(39)38-18-16-36(17-19-38)23-24-8-11-26(12-9-24)40-20-6-5-7-21-41-29-14-15-35-28-22-25(31(32,33)34)10-13-27(28)29;;/h8-15,22H,3-7,16-21,23H2,1-2H3;2*1H. The van der Waals surface area contributed by atoms with Crippen molar-refractivity contribution in [2.75, 3.05) is 51.6 Å². The van der Waals surface area contributed by atoms with Crippen LogP contribution in [0.25, 0.3) is 10.9 Å². The van der Waals surface area contributed by atoms with Crippen molar-refractivity contribution in [2.24, 2.45) is 0 Å². The predicted octanol–water partition coefficient (Wildman–Crippen LogP) is 8.02. The lowest BCUT2D eigenvalue weighted by molar-refractivity contribution is -0.137. The van der Waals surface area contributed by atoms with Gasteiger partial charge in [-0.15, -0.1) is 36.6 Å². The number of thioether (sulfide) groups is 1. The van der Waals surface area contributed by atoms with E-state index >= 15 is 0 Å². The molecule has 3 aromatic rings. The number of piperazine rings is 1. The van der Waals surface area contributed by atoms with Crippen molar-refractivity contribution in [1.82, 2.24) is 19.7 Å². The van der Waals surface area contributed by atoms with Crippen LogP contribution in [0.15, 0.2) is 59.6 Å². The summed E-state index contributed by atoms with van der Waals surface area (Å²) < 4.78 is 44.9. The monoisotopic (exact) mass is 660 g/mol. The average molecular weight is 662 g/mol. The molecule has 1 aliphatic rings. The normalized spacial score (nSPS) is 13.7. The van der Waals surface area contributed by atoms with Gasteiger partial charge in [0.05, 0.1) is 17.7 Å². The Morgan fingerprint density at radius 1 is 0.953 bits per heavy atom. The molecule has 1 fully saturated rings. The molecule has 1 aliphatic heterocycles. The number of ether oxygens (including phenoxy) is 1. The van der Waals surface area contributed by atoms with Crippen LogP contribution < -0.4 is 4.74 Å². The maximum Gasteiger partial charge on any atom is 0.416 e. The smallest absolute Gasteiger partial charge is 0.416 e. The molecular weight excluding hydrogens is 620 g/mol. The Kier molecular flexibility index (Phi) is 15.2. The van der Waals surface area contributed by atoms with Crippen LogP contribution in [0.3, 0.4) is 0 Å². The Labute approximate surface area is 269 Å². The highest BCUT2D eigenvalue weighted by Crippen LogP contribution is 2.34. The second kappa shape index (κ2) is 17.8. The highest BCUT2D eigenvalue weighted by Gasteiger charge is 2.30. The first-order chi connectivity index (χ1) is 19.8. The molecule has 2 heterocycles. The minimum Gasteiger partial charge on any atom is -0.494 e. The number of benzene rings is 2. The maximum atomic E-state index is 13.0. The van der Waals surface area contributed by atoms with Crippen molar-refractivity contribution in [1.29, 1.82) is 0 Å². The van der Waals surface area contributed by atoms with E-state index in [0.29, 0.717) is 12.1 Å². The summed E-state index contributed by atoms with van der Waals surface area (Å²) in [4.78, 5) is 23.8. The Morgan fingerprint density at radius 3 is 2.30 bits per heavy atom. The molecule has 1 saturated heterocycles. The predicted molar refractivity (Wildman–Crippen MR) is 173 cm³/mol. The first kappa shape index (κ1) is 36.8. The molecule has 0 aliphatic carbocycles. The SMILES string of the molecule is CCN(CC)C(=O)N1CCN(Cc2ccc(OCCCCCSc3ccnc4cc(C(F)(F)F)ccc34)cc2)CC1.Cl.Cl. The summed E-state index contributed by atoms with van der Waals surface area (Å²) >= 11 is 1.65. The van der Waals surface area contributed by atoms with Gasteiger partial charge in [0.2, 0.25) is 0 Å². The summed E-state index contributed by atoms with van der Waals surface area (Å²) in [5, 5.41) is 0.755. The third-order valence-corrected chi connectivity index (χ3v) is 8.51. The summed E-state index contributed by atoms with van der Waals surface area (Å²) in [6, 6.07) is 14.0. The minimum atomic E-state index is -4.37. The number of alkyl halides is 3. The number of nitrogens with zero attached hydrogens (tertiary/aromatic N) is 4. The van der Waals surface area contributed by atoms with Crippen molar-refractivity contribution in [2.45, 2.75) is 50.7 Å². The largest absolute Gasteiger partial charge is 0.494 e. The number of urea groups is 1. The number of aromatic nitrogens is 1. The first-order valence-corrected chi connectivity index (χ1v) is 15.3. The molecular formula is C31H41Cl2F3N4O2S. The van der Waals surface area contributed by atoms with Crippen LogP contribution in [-0.4, -0.2) is 77.3 Å². The molecule has 4 rings (SSSR count). The number of carbonyl (C=O) groups excluding carboxylic acids is 1. The zero-order valence-electron chi connectivity index (χ0n) is 24.6. The number of unbranched alkanes of at least 4 members (excludes halogenated alkanes) is 2. The van der Waals surface area contributed by atoms with E-state index < -0.39 is 11.7 Å². The third kappa shape index (κ3) is 10.6. The van der Waals surface area contributed by atoms with Crippen LogP contribution in [0.1, 0.15) is 44.2 Å². The summed E-state index contributed by atoms with van der Waals surface area (Å²) in [5.41, 5.74) is 0.929. The Bertz CT molecular complexity index is 1270. The number of carbonyl (C=O) groups is 1. The quantitative estimate of drug-likeness (QED) is 0.145. The zero-order chi connectivity index (χ0) is 29.2. The number of fused-ring (bicyclic) bond motifs is 1. The van der Waals surface area contributed by atoms with E-state index in [0.717, 1.165) is 99.0 Å². The van der Waals surface area contributed by atoms with E-state index in [9.17, 15) is 18.0 Å². The van der Waals surface area contributed by atoms with Gasteiger partial charge in [0.15, 0.2) is 0 Å². The summed E-state index contributed by atoms with van der Waals surface area (Å²) in [7, 11) is 0. The first-order valence-electron chi connectivity index (χ1n) is 14.3. The van der Waals surface area contributed by atoms with Crippen LogP contribution in [0.2, 0.25) is 0 Å². The molecule has 43 heavy (non-hydrogen) atoms.